The topological polar surface area (TPSA) is 81.1 Å². The van der Waals surface area contributed by atoms with Crippen LogP contribution in [0.5, 0.6) is 0 Å². The van der Waals surface area contributed by atoms with E-state index in [0.29, 0.717) is 11.7 Å². The van der Waals surface area contributed by atoms with E-state index >= 15 is 0 Å². The Morgan fingerprint density at radius 3 is 2.60 bits per heavy atom. The maximum Gasteiger partial charge on any atom is 0.223 e. The number of nitrogen functional groups attached to an aromatic ring is 2. The van der Waals surface area contributed by atoms with Crippen molar-refractivity contribution in [2.45, 2.75) is 20.3 Å². The van der Waals surface area contributed by atoms with Gasteiger partial charge < -0.3 is 16.4 Å². The molecular formula is C10H19N5. The molecular weight excluding hydrogens is 190 g/mol. The molecule has 1 aromatic rings. The van der Waals surface area contributed by atoms with Crippen LogP contribution in [0.2, 0.25) is 0 Å². The van der Waals surface area contributed by atoms with Gasteiger partial charge in [-0.15, -0.1) is 0 Å². The third-order valence-electron chi connectivity index (χ3n) is 2.42. The molecule has 0 radical (unpaired) electrons. The van der Waals surface area contributed by atoms with E-state index < -0.39 is 0 Å². The second-order valence-corrected chi connectivity index (χ2v) is 3.90. The fourth-order valence-electron chi connectivity index (χ4n) is 1.36. The standard InChI is InChI=1S/C10H19N5/c1-4-7(2)6-15(3)9-5-8(11)13-10(12)14-9/h5,7H,4,6H2,1-3H3,(H4,11,12,13,14). The Morgan fingerprint density at radius 1 is 1.40 bits per heavy atom. The lowest BCUT2D eigenvalue weighted by molar-refractivity contribution is 0.558. The molecule has 15 heavy (non-hydrogen) atoms. The van der Waals surface area contributed by atoms with Gasteiger partial charge in [-0.1, -0.05) is 20.3 Å². The fourth-order valence-corrected chi connectivity index (χ4v) is 1.36. The molecule has 0 aliphatic rings. The molecule has 1 rings (SSSR count). The Bertz CT molecular complexity index is 305. The molecule has 1 heterocycles. The lowest BCUT2D eigenvalue weighted by Crippen LogP contribution is -2.25. The smallest absolute Gasteiger partial charge is 0.223 e. The summed E-state index contributed by atoms with van der Waals surface area (Å²) >= 11 is 0. The second kappa shape index (κ2) is 4.82. The predicted molar refractivity (Wildman–Crippen MR) is 63.6 cm³/mol. The highest BCUT2D eigenvalue weighted by Gasteiger charge is 2.08. The summed E-state index contributed by atoms with van der Waals surface area (Å²) in [5, 5.41) is 0. The molecule has 5 heteroatoms. The summed E-state index contributed by atoms with van der Waals surface area (Å²) in [5.74, 6) is 2.03. The van der Waals surface area contributed by atoms with Crippen molar-refractivity contribution in [3.05, 3.63) is 6.07 Å². The largest absolute Gasteiger partial charge is 0.383 e. The zero-order valence-corrected chi connectivity index (χ0v) is 9.57. The monoisotopic (exact) mass is 209 g/mol. The third kappa shape index (κ3) is 3.27. The fraction of sp³-hybridized carbons (Fsp3) is 0.600. The molecule has 0 fully saturated rings. The van der Waals surface area contributed by atoms with Crippen molar-refractivity contribution in [2.75, 3.05) is 30.0 Å². The maximum atomic E-state index is 5.60. The molecule has 4 N–H and O–H groups in total. The van der Waals surface area contributed by atoms with E-state index in [1.807, 2.05) is 11.9 Å². The van der Waals surface area contributed by atoms with Gasteiger partial charge in [0.1, 0.15) is 11.6 Å². The minimum absolute atomic E-state index is 0.223. The quantitative estimate of drug-likeness (QED) is 0.776. The molecule has 0 aliphatic heterocycles. The summed E-state index contributed by atoms with van der Waals surface area (Å²) in [5.41, 5.74) is 11.1. The molecule has 0 amide bonds. The lowest BCUT2D eigenvalue weighted by atomic mass is 10.1. The highest BCUT2D eigenvalue weighted by molar-refractivity contribution is 5.49. The zero-order valence-electron chi connectivity index (χ0n) is 9.57. The summed E-state index contributed by atoms with van der Waals surface area (Å²) in [6.07, 6.45) is 1.14. The van der Waals surface area contributed by atoms with Crippen LogP contribution in [-0.4, -0.2) is 23.6 Å². The van der Waals surface area contributed by atoms with E-state index in [-0.39, 0.29) is 5.95 Å². The first-order valence-electron chi connectivity index (χ1n) is 5.14. The summed E-state index contributed by atoms with van der Waals surface area (Å²) < 4.78 is 0. The van der Waals surface area contributed by atoms with E-state index in [0.717, 1.165) is 18.8 Å². The van der Waals surface area contributed by atoms with E-state index in [9.17, 15) is 0 Å². The van der Waals surface area contributed by atoms with Gasteiger partial charge in [-0.3, -0.25) is 0 Å². The average Bonchev–Trinajstić information content (AvgIpc) is 2.16. The van der Waals surface area contributed by atoms with Crippen LogP contribution >= 0.6 is 0 Å². The maximum absolute atomic E-state index is 5.60. The van der Waals surface area contributed by atoms with Crippen LogP contribution in [0.25, 0.3) is 0 Å². The van der Waals surface area contributed by atoms with Gasteiger partial charge in [-0.25, -0.2) is 0 Å². The molecule has 0 spiro atoms. The molecule has 0 aromatic carbocycles. The van der Waals surface area contributed by atoms with Crippen LogP contribution in [-0.2, 0) is 0 Å². The van der Waals surface area contributed by atoms with E-state index in [4.69, 9.17) is 11.5 Å². The van der Waals surface area contributed by atoms with Gasteiger partial charge in [-0.2, -0.15) is 9.97 Å². The van der Waals surface area contributed by atoms with E-state index in [2.05, 4.69) is 23.8 Å². The molecule has 1 unspecified atom stereocenters. The van der Waals surface area contributed by atoms with Gasteiger partial charge in [0, 0.05) is 19.7 Å². The number of rotatable bonds is 4. The van der Waals surface area contributed by atoms with Crippen molar-refractivity contribution in [1.29, 1.82) is 0 Å². The van der Waals surface area contributed by atoms with Crippen molar-refractivity contribution in [3.8, 4) is 0 Å². The zero-order chi connectivity index (χ0) is 11.4. The molecule has 0 bridgehead atoms. The summed E-state index contributed by atoms with van der Waals surface area (Å²) in [7, 11) is 1.98. The third-order valence-corrected chi connectivity index (χ3v) is 2.42. The predicted octanol–water partition coefficient (Wildman–Crippen LogP) is 1.12. The lowest BCUT2D eigenvalue weighted by Gasteiger charge is -2.21. The van der Waals surface area contributed by atoms with Gasteiger partial charge in [-0.05, 0) is 5.92 Å². The van der Waals surface area contributed by atoms with Crippen LogP contribution in [0.1, 0.15) is 20.3 Å². The van der Waals surface area contributed by atoms with Crippen LogP contribution in [0.15, 0.2) is 6.07 Å². The SMILES string of the molecule is CCC(C)CN(C)c1cc(N)nc(N)n1. The van der Waals surface area contributed by atoms with Gasteiger partial charge >= 0.3 is 0 Å². The van der Waals surface area contributed by atoms with Crippen LogP contribution in [0.4, 0.5) is 17.6 Å². The van der Waals surface area contributed by atoms with Crippen molar-refractivity contribution in [3.63, 3.8) is 0 Å². The van der Waals surface area contributed by atoms with Gasteiger partial charge in [0.2, 0.25) is 5.95 Å². The molecule has 1 aromatic heterocycles. The van der Waals surface area contributed by atoms with Crippen LogP contribution < -0.4 is 16.4 Å². The van der Waals surface area contributed by atoms with Crippen LogP contribution in [0.3, 0.4) is 0 Å². The van der Waals surface area contributed by atoms with E-state index in [1.165, 1.54) is 0 Å². The number of hydrogen-bond acceptors (Lipinski definition) is 5. The number of nitrogens with two attached hydrogens (primary N) is 2. The van der Waals surface area contributed by atoms with Crippen molar-refractivity contribution in [2.24, 2.45) is 5.92 Å². The van der Waals surface area contributed by atoms with Crippen molar-refractivity contribution >= 4 is 17.6 Å². The molecule has 0 saturated heterocycles. The number of hydrogen-bond donors (Lipinski definition) is 2. The highest BCUT2D eigenvalue weighted by atomic mass is 15.2. The minimum Gasteiger partial charge on any atom is -0.383 e. The number of aromatic nitrogens is 2. The average molecular weight is 209 g/mol. The molecule has 0 saturated carbocycles. The van der Waals surface area contributed by atoms with E-state index in [1.54, 1.807) is 6.07 Å². The molecule has 1 atom stereocenters. The summed E-state index contributed by atoms with van der Waals surface area (Å²) in [6, 6.07) is 1.73. The Hall–Kier alpha value is -1.52. The Labute approximate surface area is 90.5 Å². The minimum atomic E-state index is 0.223. The first-order valence-corrected chi connectivity index (χ1v) is 5.14. The first-order chi connectivity index (χ1) is 7.02. The van der Waals surface area contributed by atoms with Crippen molar-refractivity contribution < 1.29 is 0 Å². The number of nitrogens with zero attached hydrogens (tertiary/aromatic N) is 3. The highest BCUT2D eigenvalue weighted by Crippen LogP contribution is 2.15. The van der Waals surface area contributed by atoms with Crippen LogP contribution in [0, 0.1) is 5.92 Å². The molecule has 84 valence electrons. The second-order valence-electron chi connectivity index (χ2n) is 3.90. The Morgan fingerprint density at radius 2 is 2.07 bits per heavy atom. The Kier molecular flexibility index (Phi) is 3.71. The van der Waals surface area contributed by atoms with Gasteiger partial charge in [0.15, 0.2) is 0 Å². The Balaban J connectivity index is 2.77. The molecule has 5 nitrogen and oxygen atoms in total. The summed E-state index contributed by atoms with van der Waals surface area (Å²) in [4.78, 5) is 10.0. The normalized spacial score (nSPS) is 12.5. The van der Waals surface area contributed by atoms with Gasteiger partial charge in [0.05, 0.1) is 0 Å². The number of anilines is 3. The van der Waals surface area contributed by atoms with Crippen molar-refractivity contribution in [1.82, 2.24) is 9.97 Å². The van der Waals surface area contributed by atoms with Gasteiger partial charge in [0.25, 0.3) is 0 Å². The summed E-state index contributed by atoms with van der Waals surface area (Å²) in [6.45, 7) is 5.30. The first kappa shape index (κ1) is 11.6. The molecule has 0 aliphatic carbocycles.